The number of fused-ring (bicyclic) bond motifs is 3. The molecule has 0 fully saturated rings. The fourth-order valence-electron chi connectivity index (χ4n) is 3.49. The fourth-order valence-corrected chi connectivity index (χ4v) is 4.81. The van der Waals surface area contributed by atoms with E-state index < -0.39 is 11.1 Å². The van der Waals surface area contributed by atoms with Crippen LogP contribution in [0.25, 0.3) is 0 Å². The number of amides is 1. The van der Waals surface area contributed by atoms with E-state index in [0.29, 0.717) is 11.3 Å². The third kappa shape index (κ3) is 2.62. The van der Waals surface area contributed by atoms with Crippen molar-refractivity contribution in [3.8, 4) is 5.75 Å². The van der Waals surface area contributed by atoms with Crippen molar-refractivity contribution < 1.29 is 14.5 Å². The standard InChI is InChI=1S/C17H17N3O4S/c1-24-12-7-6-9(20(22)23)8-11(12)15-18-16(21)14-10-4-2-3-5-13(10)25-17(14)19-15/h6-8,15,19H,2-5H2,1H3,(H,18,21). The van der Waals surface area contributed by atoms with Gasteiger partial charge in [0.05, 0.1) is 17.6 Å². The Morgan fingerprint density at radius 1 is 1.28 bits per heavy atom. The molecule has 0 spiro atoms. The van der Waals surface area contributed by atoms with Crippen LogP contribution in [0.1, 0.15) is 45.4 Å². The minimum Gasteiger partial charge on any atom is -0.496 e. The number of carbonyl (C=O) groups is 1. The number of hydrogen-bond acceptors (Lipinski definition) is 6. The summed E-state index contributed by atoms with van der Waals surface area (Å²) >= 11 is 1.62. The Morgan fingerprint density at radius 2 is 2.08 bits per heavy atom. The van der Waals surface area contributed by atoms with Gasteiger partial charge < -0.3 is 15.4 Å². The Balaban J connectivity index is 1.74. The number of thiophene rings is 1. The van der Waals surface area contributed by atoms with E-state index in [-0.39, 0.29) is 11.6 Å². The molecule has 25 heavy (non-hydrogen) atoms. The van der Waals surface area contributed by atoms with Gasteiger partial charge in [0.1, 0.15) is 16.9 Å². The van der Waals surface area contributed by atoms with E-state index in [1.807, 2.05) is 0 Å². The van der Waals surface area contributed by atoms with Gasteiger partial charge in [0.15, 0.2) is 0 Å². The van der Waals surface area contributed by atoms with E-state index in [9.17, 15) is 14.9 Å². The second kappa shape index (κ2) is 6.03. The Morgan fingerprint density at radius 3 is 2.84 bits per heavy atom. The average molecular weight is 359 g/mol. The molecule has 1 unspecified atom stereocenters. The summed E-state index contributed by atoms with van der Waals surface area (Å²) in [5.41, 5.74) is 2.39. The zero-order chi connectivity index (χ0) is 17.6. The van der Waals surface area contributed by atoms with Gasteiger partial charge >= 0.3 is 0 Å². The van der Waals surface area contributed by atoms with E-state index in [4.69, 9.17) is 4.74 Å². The van der Waals surface area contributed by atoms with Crippen LogP contribution in [0.4, 0.5) is 10.7 Å². The maximum atomic E-state index is 12.7. The van der Waals surface area contributed by atoms with Gasteiger partial charge in [-0.3, -0.25) is 14.9 Å². The number of hydrogen-bond donors (Lipinski definition) is 2. The summed E-state index contributed by atoms with van der Waals surface area (Å²) < 4.78 is 5.33. The lowest BCUT2D eigenvalue weighted by molar-refractivity contribution is -0.385. The summed E-state index contributed by atoms with van der Waals surface area (Å²) in [6, 6.07) is 4.38. The van der Waals surface area contributed by atoms with Crippen LogP contribution in [0.2, 0.25) is 0 Å². The number of benzene rings is 1. The number of methoxy groups -OCH3 is 1. The molecule has 0 bridgehead atoms. The molecule has 0 radical (unpaired) electrons. The van der Waals surface area contributed by atoms with Gasteiger partial charge in [0.25, 0.3) is 11.6 Å². The topological polar surface area (TPSA) is 93.5 Å². The summed E-state index contributed by atoms with van der Waals surface area (Å²) in [6.45, 7) is 0. The van der Waals surface area contributed by atoms with E-state index >= 15 is 0 Å². The minimum atomic E-state index is -0.560. The highest BCUT2D eigenvalue weighted by atomic mass is 32.1. The smallest absolute Gasteiger partial charge is 0.270 e. The number of non-ortho nitro benzene ring substituents is 1. The van der Waals surface area contributed by atoms with E-state index in [2.05, 4.69) is 10.6 Å². The molecule has 1 aromatic carbocycles. The van der Waals surface area contributed by atoms with Gasteiger partial charge in [-0.05, 0) is 37.3 Å². The van der Waals surface area contributed by atoms with Crippen molar-refractivity contribution in [2.75, 3.05) is 12.4 Å². The summed E-state index contributed by atoms with van der Waals surface area (Å²) in [6.07, 6.45) is 3.63. The normalized spacial score (nSPS) is 18.6. The van der Waals surface area contributed by atoms with Gasteiger partial charge in [-0.15, -0.1) is 11.3 Å². The number of carbonyl (C=O) groups excluding carboxylic acids is 1. The minimum absolute atomic E-state index is 0.0388. The van der Waals surface area contributed by atoms with Crippen LogP contribution < -0.4 is 15.4 Å². The molecule has 1 aromatic heterocycles. The van der Waals surface area contributed by atoms with Crippen molar-refractivity contribution in [1.29, 1.82) is 0 Å². The second-order valence-electron chi connectivity index (χ2n) is 6.15. The molecule has 2 N–H and O–H groups in total. The number of nitrogens with zero attached hydrogens (tertiary/aromatic N) is 1. The van der Waals surface area contributed by atoms with Gasteiger partial charge in [0.2, 0.25) is 0 Å². The number of nitro groups is 1. The molecular weight excluding hydrogens is 342 g/mol. The molecule has 2 heterocycles. The molecule has 1 atom stereocenters. The largest absolute Gasteiger partial charge is 0.496 e. The molecule has 7 nitrogen and oxygen atoms in total. The monoisotopic (exact) mass is 359 g/mol. The van der Waals surface area contributed by atoms with Crippen LogP contribution in [0.15, 0.2) is 18.2 Å². The second-order valence-corrected chi connectivity index (χ2v) is 7.25. The molecular formula is C17H17N3O4S. The molecule has 0 saturated carbocycles. The highest BCUT2D eigenvalue weighted by Gasteiger charge is 2.33. The zero-order valence-corrected chi connectivity index (χ0v) is 14.4. The first-order valence-electron chi connectivity index (χ1n) is 8.12. The first-order chi connectivity index (χ1) is 12.1. The third-order valence-electron chi connectivity index (χ3n) is 4.68. The predicted molar refractivity (Wildman–Crippen MR) is 94.4 cm³/mol. The van der Waals surface area contributed by atoms with Crippen molar-refractivity contribution >= 4 is 27.9 Å². The number of nitrogens with one attached hydrogen (secondary N) is 2. The third-order valence-corrected chi connectivity index (χ3v) is 5.91. The summed E-state index contributed by atoms with van der Waals surface area (Å²) in [4.78, 5) is 24.6. The van der Waals surface area contributed by atoms with Crippen molar-refractivity contribution in [1.82, 2.24) is 5.32 Å². The SMILES string of the molecule is COc1ccc([N+](=O)[O-])cc1C1NC(=O)c2c(sc3c2CCCC3)N1. The number of ether oxygens (including phenoxy) is 1. The number of anilines is 1. The van der Waals surface area contributed by atoms with E-state index in [0.717, 1.165) is 41.8 Å². The number of rotatable bonds is 3. The first kappa shape index (κ1) is 15.9. The van der Waals surface area contributed by atoms with E-state index in [1.165, 1.54) is 24.1 Å². The quantitative estimate of drug-likeness (QED) is 0.647. The lowest BCUT2D eigenvalue weighted by Crippen LogP contribution is -2.38. The predicted octanol–water partition coefficient (Wildman–Crippen LogP) is 3.40. The van der Waals surface area contributed by atoms with Crippen LogP contribution in [0.5, 0.6) is 5.75 Å². The Hall–Kier alpha value is -2.61. The highest BCUT2D eigenvalue weighted by molar-refractivity contribution is 7.16. The van der Waals surface area contributed by atoms with Crippen molar-refractivity contribution in [3.05, 3.63) is 49.9 Å². The van der Waals surface area contributed by atoms with Crippen molar-refractivity contribution in [2.45, 2.75) is 31.8 Å². The van der Waals surface area contributed by atoms with Crippen molar-refractivity contribution in [3.63, 3.8) is 0 Å². The maximum absolute atomic E-state index is 12.7. The van der Waals surface area contributed by atoms with Crippen LogP contribution >= 0.6 is 11.3 Å². The molecule has 4 rings (SSSR count). The van der Waals surface area contributed by atoms with Crippen molar-refractivity contribution in [2.24, 2.45) is 0 Å². The van der Waals surface area contributed by atoms with Crippen LogP contribution in [-0.2, 0) is 12.8 Å². The Bertz CT molecular complexity index is 877. The van der Waals surface area contributed by atoms with E-state index in [1.54, 1.807) is 17.4 Å². The molecule has 2 aliphatic rings. The molecule has 8 heteroatoms. The maximum Gasteiger partial charge on any atom is 0.270 e. The highest BCUT2D eigenvalue weighted by Crippen LogP contribution is 2.42. The molecule has 1 aliphatic heterocycles. The van der Waals surface area contributed by atoms with Crippen LogP contribution in [0, 0.1) is 10.1 Å². The Labute approximate surface area is 148 Å². The fraction of sp³-hybridized carbons (Fsp3) is 0.353. The number of aryl methyl sites for hydroxylation is 1. The molecule has 2 aromatic rings. The molecule has 0 saturated heterocycles. The lowest BCUT2D eigenvalue weighted by atomic mass is 9.94. The molecule has 130 valence electrons. The Kier molecular flexibility index (Phi) is 3.84. The summed E-state index contributed by atoms with van der Waals surface area (Å²) in [7, 11) is 1.50. The lowest BCUT2D eigenvalue weighted by Gasteiger charge is -2.27. The van der Waals surface area contributed by atoms with Crippen LogP contribution in [-0.4, -0.2) is 17.9 Å². The van der Waals surface area contributed by atoms with Gasteiger partial charge in [-0.2, -0.15) is 0 Å². The first-order valence-corrected chi connectivity index (χ1v) is 8.94. The van der Waals surface area contributed by atoms with Crippen LogP contribution in [0.3, 0.4) is 0 Å². The average Bonchev–Trinajstić information content (AvgIpc) is 2.99. The van der Waals surface area contributed by atoms with Gasteiger partial charge in [-0.1, -0.05) is 0 Å². The van der Waals surface area contributed by atoms with Gasteiger partial charge in [-0.25, -0.2) is 0 Å². The summed E-state index contributed by atoms with van der Waals surface area (Å²) in [5.74, 6) is 0.361. The summed E-state index contributed by atoms with van der Waals surface area (Å²) in [5, 5.41) is 18.2. The molecule has 1 aliphatic carbocycles. The van der Waals surface area contributed by atoms with Gasteiger partial charge in [0, 0.05) is 22.6 Å². The number of nitro benzene ring substituents is 1. The molecule has 1 amide bonds. The zero-order valence-electron chi connectivity index (χ0n) is 13.6.